The highest BCUT2D eigenvalue weighted by Crippen LogP contribution is 2.15. The first-order valence-electron chi connectivity index (χ1n) is 6.09. The SMILES string of the molecule is Cc1cn(N=Cc2cc(C(=O)O)c(C)cc2C)c(N)n1. The van der Waals surface area contributed by atoms with Crippen molar-refractivity contribution in [1.82, 2.24) is 9.66 Å². The van der Waals surface area contributed by atoms with Crippen molar-refractivity contribution in [2.24, 2.45) is 5.10 Å². The summed E-state index contributed by atoms with van der Waals surface area (Å²) in [4.78, 5) is 15.2. The Labute approximate surface area is 116 Å². The number of imidazole rings is 1. The van der Waals surface area contributed by atoms with Crippen LogP contribution in [-0.4, -0.2) is 27.0 Å². The number of nitrogen functional groups attached to an aromatic ring is 1. The number of carboxylic acid groups (broad SMARTS) is 1. The lowest BCUT2D eigenvalue weighted by molar-refractivity contribution is 0.0696. The summed E-state index contributed by atoms with van der Waals surface area (Å²) in [7, 11) is 0. The van der Waals surface area contributed by atoms with Crippen molar-refractivity contribution in [1.29, 1.82) is 0 Å². The van der Waals surface area contributed by atoms with Crippen LogP contribution in [0.25, 0.3) is 0 Å². The zero-order chi connectivity index (χ0) is 14.9. The summed E-state index contributed by atoms with van der Waals surface area (Å²) < 4.78 is 1.45. The first kappa shape index (κ1) is 13.8. The van der Waals surface area contributed by atoms with Crippen LogP contribution in [0, 0.1) is 20.8 Å². The quantitative estimate of drug-likeness (QED) is 0.835. The van der Waals surface area contributed by atoms with Gasteiger partial charge in [0, 0.05) is 0 Å². The Bertz CT molecular complexity index is 701. The normalized spacial score (nSPS) is 11.2. The van der Waals surface area contributed by atoms with Gasteiger partial charge >= 0.3 is 5.97 Å². The number of carboxylic acids is 1. The third-order valence-electron chi connectivity index (χ3n) is 3.00. The van der Waals surface area contributed by atoms with Crippen molar-refractivity contribution in [2.75, 3.05) is 5.73 Å². The van der Waals surface area contributed by atoms with E-state index >= 15 is 0 Å². The standard InChI is InChI=1S/C14H16N4O2/c1-8-4-9(2)12(13(19)20)5-11(8)6-16-18-7-10(3)17-14(18)15/h4-7H,1-3H3,(H2,15,17)(H,19,20). The Kier molecular flexibility index (Phi) is 3.56. The van der Waals surface area contributed by atoms with Crippen molar-refractivity contribution < 1.29 is 9.90 Å². The van der Waals surface area contributed by atoms with E-state index in [0.29, 0.717) is 5.95 Å². The van der Waals surface area contributed by atoms with Crippen molar-refractivity contribution in [2.45, 2.75) is 20.8 Å². The molecule has 1 aromatic carbocycles. The lowest BCUT2D eigenvalue weighted by atomic mass is 10.0. The molecule has 0 unspecified atom stereocenters. The summed E-state index contributed by atoms with van der Waals surface area (Å²) in [6.07, 6.45) is 3.28. The Morgan fingerprint density at radius 2 is 2.05 bits per heavy atom. The third kappa shape index (κ3) is 2.69. The Morgan fingerprint density at radius 1 is 1.35 bits per heavy atom. The van der Waals surface area contributed by atoms with Gasteiger partial charge in [0.2, 0.25) is 5.95 Å². The van der Waals surface area contributed by atoms with Gasteiger partial charge in [0.05, 0.1) is 23.7 Å². The molecule has 2 aromatic rings. The summed E-state index contributed by atoms with van der Waals surface area (Å²) in [5.41, 5.74) is 9.14. The molecule has 0 aliphatic heterocycles. The van der Waals surface area contributed by atoms with Crippen molar-refractivity contribution in [3.05, 3.63) is 46.3 Å². The van der Waals surface area contributed by atoms with Crippen LogP contribution in [0.15, 0.2) is 23.4 Å². The second-order valence-electron chi connectivity index (χ2n) is 4.66. The van der Waals surface area contributed by atoms with Gasteiger partial charge in [-0.25, -0.2) is 14.5 Å². The predicted octanol–water partition coefficient (Wildman–Crippen LogP) is 1.97. The summed E-state index contributed by atoms with van der Waals surface area (Å²) >= 11 is 0. The molecule has 0 bridgehead atoms. The topological polar surface area (TPSA) is 93.5 Å². The summed E-state index contributed by atoms with van der Waals surface area (Å²) in [6.45, 7) is 5.50. The molecule has 0 amide bonds. The highest BCUT2D eigenvalue weighted by atomic mass is 16.4. The number of nitrogens with zero attached hydrogens (tertiary/aromatic N) is 3. The molecular weight excluding hydrogens is 256 g/mol. The van der Waals surface area contributed by atoms with E-state index in [1.165, 1.54) is 4.68 Å². The predicted molar refractivity (Wildman–Crippen MR) is 77.2 cm³/mol. The van der Waals surface area contributed by atoms with Crippen LogP contribution in [0.5, 0.6) is 0 Å². The van der Waals surface area contributed by atoms with E-state index in [1.807, 2.05) is 19.9 Å². The van der Waals surface area contributed by atoms with Crippen LogP contribution < -0.4 is 5.73 Å². The summed E-state index contributed by atoms with van der Waals surface area (Å²) in [5.74, 6) is -0.655. The molecule has 0 saturated carbocycles. The molecule has 20 heavy (non-hydrogen) atoms. The van der Waals surface area contributed by atoms with Crippen molar-refractivity contribution in [3.63, 3.8) is 0 Å². The minimum absolute atomic E-state index is 0.270. The van der Waals surface area contributed by atoms with E-state index in [-0.39, 0.29) is 5.56 Å². The number of rotatable bonds is 3. The Hall–Kier alpha value is -2.63. The van der Waals surface area contributed by atoms with E-state index in [4.69, 9.17) is 10.8 Å². The first-order chi connectivity index (χ1) is 9.38. The van der Waals surface area contributed by atoms with Crippen LogP contribution in [0.4, 0.5) is 5.95 Å². The molecule has 104 valence electrons. The lowest BCUT2D eigenvalue weighted by Crippen LogP contribution is -2.03. The van der Waals surface area contributed by atoms with E-state index in [2.05, 4.69) is 10.1 Å². The molecule has 3 N–H and O–H groups in total. The fourth-order valence-electron chi connectivity index (χ4n) is 1.96. The number of benzene rings is 1. The van der Waals surface area contributed by atoms with Gasteiger partial charge in [-0.1, -0.05) is 6.07 Å². The molecule has 1 heterocycles. The Morgan fingerprint density at radius 3 is 2.60 bits per heavy atom. The van der Waals surface area contributed by atoms with Crippen LogP contribution >= 0.6 is 0 Å². The van der Waals surface area contributed by atoms with Crippen molar-refractivity contribution in [3.8, 4) is 0 Å². The highest BCUT2D eigenvalue weighted by Gasteiger charge is 2.09. The molecule has 0 spiro atoms. The van der Waals surface area contributed by atoms with Gasteiger partial charge < -0.3 is 10.8 Å². The highest BCUT2D eigenvalue weighted by molar-refractivity contribution is 5.93. The first-order valence-corrected chi connectivity index (χ1v) is 6.09. The molecule has 0 saturated heterocycles. The molecule has 2 rings (SSSR count). The molecule has 0 aliphatic carbocycles. The number of anilines is 1. The summed E-state index contributed by atoms with van der Waals surface area (Å²) in [6, 6.07) is 3.43. The second-order valence-corrected chi connectivity index (χ2v) is 4.66. The van der Waals surface area contributed by atoms with Gasteiger partial charge in [-0.3, -0.25) is 0 Å². The minimum atomic E-state index is -0.949. The number of aryl methyl sites for hydroxylation is 3. The maximum absolute atomic E-state index is 11.1. The zero-order valence-electron chi connectivity index (χ0n) is 11.6. The van der Waals surface area contributed by atoms with Gasteiger partial charge in [0.15, 0.2) is 0 Å². The van der Waals surface area contributed by atoms with Crippen LogP contribution in [-0.2, 0) is 0 Å². The van der Waals surface area contributed by atoms with Gasteiger partial charge in [0.25, 0.3) is 0 Å². The molecule has 6 heteroatoms. The van der Waals surface area contributed by atoms with E-state index in [1.54, 1.807) is 25.4 Å². The maximum atomic E-state index is 11.1. The number of nitrogens with two attached hydrogens (primary N) is 1. The van der Waals surface area contributed by atoms with Gasteiger partial charge in [-0.2, -0.15) is 5.10 Å². The number of aromatic nitrogens is 2. The van der Waals surface area contributed by atoms with Gasteiger partial charge in [-0.15, -0.1) is 0 Å². The number of hydrogen-bond acceptors (Lipinski definition) is 4. The maximum Gasteiger partial charge on any atom is 0.335 e. The van der Waals surface area contributed by atoms with Gasteiger partial charge in [0.1, 0.15) is 0 Å². The summed E-state index contributed by atoms with van der Waals surface area (Å²) in [5, 5.41) is 13.3. The molecule has 0 aliphatic rings. The van der Waals surface area contributed by atoms with Crippen molar-refractivity contribution >= 4 is 18.1 Å². The molecule has 0 atom stereocenters. The van der Waals surface area contributed by atoms with Crippen LogP contribution in [0.3, 0.4) is 0 Å². The molecule has 0 fully saturated rings. The largest absolute Gasteiger partial charge is 0.478 e. The lowest BCUT2D eigenvalue weighted by Gasteiger charge is -2.06. The molecule has 6 nitrogen and oxygen atoms in total. The number of carbonyl (C=O) groups is 1. The second kappa shape index (κ2) is 5.16. The van der Waals surface area contributed by atoms with Gasteiger partial charge in [-0.05, 0) is 43.5 Å². The fourth-order valence-corrected chi connectivity index (χ4v) is 1.96. The molecule has 0 radical (unpaired) electrons. The third-order valence-corrected chi connectivity index (χ3v) is 3.00. The minimum Gasteiger partial charge on any atom is -0.478 e. The molecule has 1 aromatic heterocycles. The average molecular weight is 272 g/mol. The van der Waals surface area contributed by atoms with E-state index in [9.17, 15) is 4.79 Å². The molecular formula is C14H16N4O2. The van der Waals surface area contributed by atoms with Crippen LogP contribution in [0.1, 0.15) is 32.7 Å². The van der Waals surface area contributed by atoms with Crippen LogP contribution in [0.2, 0.25) is 0 Å². The smallest absolute Gasteiger partial charge is 0.335 e. The fraction of sp³-hybridized carbons (Fsp3) is 0.214. The number of hydrogen-bond donors (Lipinski definition) is 2. The Balaban J connectivity index is 2.41. The van der Waals surface area contributed by atoms with E-state index < -0.39 is 5.97 Å². The van der Waals surface area contributed by atoms with E-state index in [0.717, 1.165) is 22.4 Å². The number of aromatic carboxylic acids is 1. The zero-order valence-corrected chi connectivity index (χ0v) is 11.6. The average Bonchev–Trinajstić information content (AvgIpc) is 2.66. The monoisotopic (exact) mass is 272 g/mol.